The number of aromatic hydroxyl groups is 1. The molecule has 4 N–H and O–H groups in total. The molecule has 1 aromatic heterocycles. The molecule has 27 heavy (non-hydrogen) atoms. The normalized spacial score (nSPS) is 10.6. The standard InChI is InChI=1S/C18H16N2O6S/c21-14-2-1-3-15-13(14)10-16(26-15)17(22)19-8-9-25-11-4-6-12(7-5-11)27-18(23)20-24/h1-7,10,21,24H,8-9H2,(H,19,22)(H,20,23). The zero-order valence-electron chi connectivity index (χ0n) is 14.0. The van der Waals surface area contributed by atoms with E-state index in [9.17, 15) is 14.7 Å². The lowest BCUT2D eigenvalue weighted by atomic mass is 10.2. The monoisotopic (exact) mass is 388 g/mol. The first-order valence-corrected chi connectivity index (χ1v) is 8.73. The van der Waals surface area contributed by atoms with Crippen molar-refractivity contribution in [3.63, 3.8) is 0 Å². The number of hydroxylamine groups is 1. The Balaban J connectivity index is 1.47. The van der Waals surface area contributed by atoms with Gasteiger partial charge in [0.1, 0.15) is 23.7 Å². The van der Waals surface area contributed by atoms with Crippen LogP contribution in [0.1, 0.15) is 10.6 Å². The molecule has 1 heterocycles. The van der Waals surface area contributed by atoms with E-state index in [-0.39, 0.29) is 24.7 Å². The summed E-state index contributed by atoms with van der Waals surface area (Å²) in [5.41, 5.74) is 1.97. The molecule has 0 aliphatic heterocycles. The highest BCUT2D eigenvalue weighted by Gasteiger charge is 2.13. The average Bonchev–Trinajstić information content (AvgIpc) is 3.12. The molecule has 0 saturated heterocycles. The number of amides is 2. The highest BCUT2D eigenvalue weighted by Crippen LogP contribution is 2.27. The number of phenols is 1. The first kappa shape index (κ1) is 18.6. The van der Waals surface area contributed by atoms with Gasteiger partial charge in [0.2, 0.25) is 0 Å². The van der Waals surface area contributed by atoms with Gasteiger partial charge in [-0.3, -0.25) is 14.8 Å². The van der Waals surface area contributed by atoms with Crippen molar-refractivity contribution in [2.75, 3.05) is 13.2 Å². The van der Waals surface area contributed by atoms with Crippen LogP contribution in [0, 0.1) is 0 Å². The number of thioether (sulfide) groups is 1. The van der Waals surface area contributed by atoms with E-state index in [4.69, 9.17) is 14.4 Å². The second-order valence-corrected chi connectivity index (χ2v) is 6.42. The summed E-state index contributed by atoms with van der Waals surface area (Å²) in [5, 5.41) is 20.8. The molecule has 9 heteroatoms. The molecular weight excluding hydrogens is 372 g/mol. The molecule has 0 fully saturated rings. The quantitative estimate of drug-likeness (QED) is 0.221. The van der Waals surface area contributed by atoms with Gasteiger partial charge >= 0.3 is 5.24 Å². The molecule has 0 bridgehead atoms. The number of fused-ring (bicyclic) bond motifs is 1. The van der Waals surface area contributed by atoms with Crippen LogP contribution in [-0.4, -0.2) is 34.6 Å². The van der Waals surface area contributed by atoms with Crippen LogP contribution >= 0.6 is 11.8 Å². The maximum absolute atomic E-state index is 12.1. The van der Waals surface area contributed by atoms with E-state index in [1.807, 2.05) is 0 Å². The Morgan fingerprint density at radius 2 is 1.93 bits per heavy atom. The highest BCUT2D eigenvalue weighted by molar-refractivity contribution is 8.13. The second kappa shape index (κ2) is 8.47. The summed E-state index contributed by atoms with van der Waals surface area (Å²) in [6.45, 7) is 0.492. The Bertz CT molecular complexity index is 954. The second-order valence-electron chi connectivity index (χ2n) is 5.38. The van der Waals surface area contributed by atoms with Gasteiger partial charge in [-0.2, -0.15) is 0 Å². The minimum atomic E-state index is -0.578. The highest BCUT2D eigenvalue weighted by atomic mass is 32.2. The number of phenolic OH excluding ortho intramolecular Hbond substituents is 1. The van der Waals surface area contributed by atoms with Crippen molar-refractivity contribution in [2.45, 2.75) is 4.90 Å². The molecule has 8 nitrogen and oxygen atoms in total. The number of carbonyl (C=O) groups is 2. The number of hydrogen-bond donors (Lipinski definition) is 4. The molecule has 0 unspecified atom stereocenters. The fraction of sp³-hybridized carbons (Fsp3) is 0.111. The fourth-order valence-electron chi connectivity index (χ4n) is 2.31. The van der Waals surface area contributed by atoms with Crippen LogP contribution in [0.15, 0.2) is 57.8 Å². The smallest absolute Gasteiger partial charge is 0.307 e. The molecule has 0 saturated carbocycles. The van der Waals surface area contributed by atoms with Crippen molar-refractivity contribution >= 4 is 33.9 Å². The van der Waals surface area contributed by atoms with Crippen LogP contribution in [0.25, 0.3) is 11.0 Å². The Labute approximate surface area is 158 Å². The number of hydrogen-bond acceptors (Lipinski definition) is 7. The molecule has 0 atom stereocenters. The first-order valence-electron chi connectivity index (χ1n) is 7.91. The van der Waals surface area contributed by atoms with Gasteiger partial charge in [-0.1, -0.05) is 6.07 Å². The zero-order valence-corrected chi connectivity index (χ0v) is 14.8. The van der Waals surface area contributed by atoms with Gasteiger partial charge in [0, 0.05) is 11.0 Å². The topological polar surface area (TPSA) is 121 Å². The molecule has 3 rings (SSSR count). The van der Waals surface area contributed by atoms with Crippen molar-refractivity contribution in [2.24, 2.45) is 0 Å². The van der Waals surface area contributed by atoms with Crippen molar-refractivity contribution in [1.82, 2.24) is 10.8 Å². The maximum Gasteiger partial charge on any atom is 0.307 e. The number of furan rings is 1. The molecule has 3 aromatic rings. The summed E-state index contributed by atoms with van der Waals surface area (Å²) >= 11 is 0.844. The lowest BCUT2D eigenvalue weighted by Crippen LogP contribution is -2.27. The number of ether oxygens (including phenoxy) is 1. The number of nitrogens with one attached hydrogen (secondary N) is 2. The van der Waals surface area contributed by atoms with Gasteiger partial charge < -0.3 is 19.6 Å². The molecule has 0 spiro atoms. The van der Waals surface area contributed by atoms with E-state index in [1.165, 1.54) is 17.6 Å². The SMILES string of the molecule is O=C(NO)Sc1ccc(OCCNC(=O)c2cc3c(O)cccc3o2)cc1. The van der Waals surface area contributed by atoms with Gasteiger partial charge in [0.25, 0.3) is 5.91 Å². The lowest BCUT2D eigenvalue weighted by Gasteiger charge is -2.07. The first-order chi connectivity index (χ1) is 13.1. The van der Waals surface area contributed by atoms with E-state index in [0.717, 1.165) is 11.8 Å². The Hall–Kier alpha value is -3.17. The van der Waals surface area contributed by atoms with Crippen LogP contribution in [0.3, 0.4) is 0 Å². The Kier molecular flexibility index (Phi) is 5.84. The molecule has 0 aliphatic rings. The van der Waals surface area contributed by atoms with E-state index in [2.05, 4.69) is 5.32 Å². The van der Waals surface area contributed by atoms with E-state index in [0.29, 0.717) is 21.6 Å². The summed E-state index contributed by atoms with van der Waals surface area (Å²) < 4.78 is 10.9. The Morgan fingerprint density at radius 3 is 2.63 bits per heavy atom. The summed E-state index contributed by atoms with van der Waals surface area (Å²) in [4.78, 5) is 23.8. The molecular formula is C18H16N2O6S. The van der Waals surface area contributed by atoms with Crippen molar-refractivity contribution in [3.05, 3.63) is 54.3 Å². The molecule has 2 aromatic carbocycles. The Morgan fingerprint density at radius 1 is 1.15 bits per heavy atom. The maximum atomic E-state index is 12.1. The fourth-order valence-corrected chi connectivity index (χ4v) is 2.84. The molecule has 2 amide bonds. The van der Waals surface area contributed by atoms with Crippen LogP contribution < -0.4 is 15.5 Å². The summed E-state index contributed by atoms with van der Waals surface area (Å²) in [7, 11) is 0. The predicted octanol–water partition coefficient (Wildman–Crippen LogP) is 3.14. The molecule has 0 aliphatic carbocycles. The van der Waals surface area contributed by atoms with Gasteiger partial charge in [-0.15, -0.1) is 0 Å². The summed E-state index contributed by atoms with van der Waals surface area (Å²) in [6.07, 6.45) is 0. The van der Waals surface area contributed by atoms with Gasteiger partial charge in [0.05, 0.1) is 11.9 Å². The van der Waals surface area contributed by atoms with E-state index >= 15 is 0 Å². The largest absolute Gasteiger partial charge is 0.507 e. The van der Waals surface area contributed by atoms with Crippen LogP contribution in [0.4, 0.5) is 4.79 Å². The average molecular weight is 388 g/mol. The number of carbonyl (C=O) groups excluding carboxylic acids is 2. The third-order valence-corrected chi connectivity index (χ3v) is 4.33. The van der Waals surface area contributed by atoms with Gasteiger partial charge in [0.15, 0.2) is 5.76 Å². The number of rotatable bonds is 6. The van der Waals surface area contributed by atoms with E-state index < -0.39 is 11.1 Å². The van der Waals surface area contributed by atoms with Crippen molar-refractivity contribution in [1.29, 1.82) is 0 Å². The van der Waals surface area contributed by atoms with Crippen LogP contribution in [0.2, 0.25) is 0 Å². The third kappa shape index (κ3) is 4.72. The van der Waals surface area contributed by atoms with Crippen molar-refractivity contribution in [3.8, 4) is 11.5 Å². The molecule has 140 valence electrons. The van der Waals surface area contributed by atoms with Crippen LogP contribution in [-0.2, 0) is 0 Å². The zero-order chi connectivity index (χ0) is 19.2. The van der Waals surface area contributed by atoms with Gasteiger partial charge in [-0.25, -0.2) is 5.48 Å². The summed E-state index contributed by atoms with van der Waals surface area (Å²) in [6, 6.07) is 13.0. The minimum Gasteiger partial charge on any atom is -0.507 e. The lowest BCUT2D eigenvalue weighted by molar-refractivity contribution is 0.0921. The molecule has 0 radical (unpaired) electrons. The predicted molar refractivity (Wildman–Crippen MR) is 98.3 cm³/mol. The van der Waals surface area contributed by atoms with Gasteiger partial charge in [-0.05, 0) is 48.2 Å². The minimum absolute atomic E-state index is 0.0525. The van der Waals surface area contributed by atoms with Crippen molar-refractivity contribution < 1.29 is 29.1 Å². The van der Waals surface area contributed by atoms with Crippen LogP contribution in [0.5, 0.6) is 11.5 Å². The van der Waals surface area contributed by atoms with E-state index in [1.54, 1.807) is 36.4 Å². The summed E-state index contributed by atoms with van der Waals surface area (Å²) in [5.74, 6) is 0.328. The third-order valence-electron chi connectivity index (χ3n) is 3.54. The number of benzene rings is 2.